The van der Waals surface area contributed by atoms with Crippen LogP contribution in [0.5, 0.6) is 0 Å². The fourth-order valence-electron chi connectivity index (χ4n) is 1.85. The minimum Gasteiger partial charge on any atom is -0.353 e. The van der Waals surface area contributed by atoms with Crippen LogP contribution in [0.1, 0.15) is 13.8 Å². The number of hydrogen-bond acceptors (Lipinski definition) is 6. The number of hydrogen-bond donors (Lipinski definition) is 2. The molecule has 17 heavy (non-hydrogen) atoms. The summed E-state index contributed by atoms with van der Waals surface area (Å²) in [5.41, 5.74) is 2.44. The maximum atomic E-state index is 6.14. The molecular formula is C10H16ClN5S. The molecule has 1 aromatic heterocycles. The van der Waals surface area contributed by atoms with Crippen molar-refractivity contribution in [2.45, 2.75) is 18.6 Å². The summed E-state index contributed by atoms with van der Waals surface area (Å²) in [5.74, 6) is 7.52. The quantitative estimate of drug-likeness (QED) is 0.632. The first-order valence-electron chi connectivity index (χ1n) is 5.40. The minimum atomic E-state index is 0.211. The second-order valence-corrected chi connectivity index (χ2v) is 6.75. The number of thioether (sulfide) groups is 1. The molecule has 7 heteroatoms. The van der Waals surface area contributed by atoms with E-state index in [9.17, 15) is 0 Å². The van der Waals surface area contributed by atoms with Gasteiger partial charge in [0.2, 0.25) is 5.95 Å². The highest BCUT2D eigenvalue weighted by Crippen LogP contribution is 2.34. The van der Waals surface area contributed by atoms with Crippen LogP contribution >= 0.6 is 23.4 Å². The zero-order valence-corrected chi connectivity index (χ0v) is 11.5. The molecule has 0 radical (unpaired) electrons. The lowest BCUT2D eigenvalue weighted by atomic mass is 10.2. The summed E-state index contributed by atoms with van der Waals surface area (Å²) in [6.07, 6.45) is 1.58. The van der Waals surface area contributed by atoms with E-state index < -0.39 is 0 Å². The van der Waals surface area contributed by atoms with Crippen LogP contribution in [-0.2, 0) is 0 Å². The van der Waals surface area contributed by atoms with Crippen molar-refractivity contribution in [2.75, 3.05) is 29.2 Å². The van der Waals surface area contributed by atoms with Crippen LogP contribution in [0.3, 0.4) is 0 Å². The maximum Gasteiger partial charge on any atom is 0.239 e. The third-order valence-electron chi connectivity index (χ3n) is 2.58. The predicted molar refractivity (Wildman–Crippen MR) is 73.6 cm³/mol. The lowest BCUT2D eigenvalue weighted by Crippen LogP contribution is -2.43. The molecule has 0 bridgehead atoms. The van der Waals surface area contributed by atoms with Gasteiger partial charge in [-0.3, -0.25) is 5.43 Å². The average molecular weight is 274 g/mol. The minimum absolute atomic E-state index is 0.211. The molecule has 0 unspecified atom stereocenters. The van der Waals surface area contributed by atoms with Gasteiger partial charge < -0.3 is 4.90 Å². The van der Waals surface area contributed by atoms with Gasteiger partial charge in [-0.15, -0.1) is 0 Å². The number of nitrogens with zero attached hydrogens (tertiary/aromatic N) is 3. The topological polar surface area (TPSA) is 67.1 Å². The van der Waals surface area contributed by atoms with Gasteiger partial charge in [-0.2, -0.15) is 16.7 Å². The Morgan fingerprint density at radius 1 is 1.59 bits per heavy atom. The Hall–Kier alpha value is -0.720. The van der Waals surface area contributed by atoms with Crippen molar-refractivity contribution in [2.24, 2.45) is 5.84 Å². The van der Waals surface area contributed by atoms with E-state index in [1.165, 1.54) is 0 Å². The number of rotatable bonds is 2. The first kappa shape index (κ1) is 12.7. The zero-order chi connectivity index (χ0) is 12.5. The van der Waals surface area contributed by atoms with E-state index >= 15 is 0 Å². The van der Waals surface area contributed by atoms with Crippen molar-refractivity contribution in [3.05, 3.63) is 11.2 Å². The molecule has 1 aromatic rings. The molecule has 1 fully saturated rings. The van der Waals surface area contributed by atoms with Crippen LogP contribution in [-0.4, -0.2) is 33.6 Å². The van der Waals surface area contributed by atoms with E-state index in [1.54, 1.807) is 6.20 Å². The molecule has 0 atom stereocenters. The van der Waals surface area contributed by atoms with Gasteiger partial charge in [-0.1, -0.05) is 11.6 Å². The summed E-state index contributed by atoms with van der Waals surface area (Å²) in [5, 5.41) is 0.562. The van der Waals surface area contributed by atoms with Crippen LogP contribution in [0, 0.1) is 0 Å². The standard InChI is InChI=1S/C10H16ClN5S/c1-10(2)6-16(3-4-17-10)8-7(11)5-13-9(14-8)15-12/h5H,3-4,6,12H2,1-2H3,(H,13,14,15). The lowest BCUT2D eigenvalue weighted by Gasteiger charge is -2.38. The maximum absolute atomic E-state index is 6.14. The molecule has 2 heterocycles. The summed E-state index contributed by atoms with van der Waals surface area (Å²) in [6, 6.07) is 0. The van der Waals surface area contributed by atoms with Gasteiger partial charge in [0.1, 0.15) is 5.02 Å². The third-order valence-corrected chi connectivity index (χ3v) is 4.14. The van der Waals surface area contributed by atoms with Gasteiger partial charge in [-0.25, -0.2) is 10.8 Å². The summed E-state index contributed by atoms with van der Waals surface area (Å²) in [7, 11) is 0. The zero-order valence-electron chi connectivity index (χ0n) is 9.90. The number of halogens is 1. The van der Waals surface area contributed by atoms with Gasteiger partial charge in [0.15, 0.2) is 5.82 Å². The number of nitrogens with two attached hydrogens (primary N) is 1. The van der Waals surface area contributed by atoms with Crippen LogP contribution in [0.25, 0.3) is 0 Å². The highest BCUT2D eigenvalue weighted by Gasteiger charge is 2.28. The van der Waals surface area contributed by atoms with Gasteiger partial charge in [0, 0.05) is 23.6 Å². The Balaban J connectivity index is 2.26. The number of aromatic nitrogens is 2. The summed E-state index contributed by atoms with van der Waals surface area (Å²) < 4.78 is 0.211. The molecule has 3 N–H and O–H groups in total. The molecule has 1 aliphatic rings. The molecule has 0 aromatic carbocycles. The molecule has 0 spiro atoms. The molecule has 1 aliphatic heterocycles. The fraction of sp³-hybridized carbons (Fsp3) is 0.600. The first-order valence-corrected chi connectivity index (χ1v) is 6.76. The SMILES string of the molecule is CC1(C)CN(c2nc(NN)ncc2Cl)CCS1. The van der Waals surface area contributed by atoms with Gasteiger partial charge in [0.05, 0.1) is 6.20 Å². The van der Waals surface area contributed by atoms with E-state index in [1.807, 2.05) is 11.8 Å². The van der Waals surface area contributed by atoms with Crippen molar-refractivity contribution in [1.29, 1.82) is 0 Å². The van der Waals surface area contributed by atoms with Crippen molar-refractivity contribution >= 4 is 35.1 Å². The summed E-state index contributed by atoms with van der Waals surface area (Å²) >= 11 is 8.10. The van der Waals surface area contributed by atoms with E-state index in [-0.39, 0.29) is 4.75 Å². The van der Waals surface area contributed by atoms with E-state index in [2.05, 4.69) is 34.1 Å². The second kappa shape index (κ2) is 4.88. The van der Waals surface area contributed by atoms with Crippen LogP contribution in [0.2, 0.25) is 5.02 Å². The normalized spacial score (nSPS) is 19.2. The highest BCUT2D eigenvalue weighted by molar-refractivity contribution is 8.00. The van der Waals surface area contributed by atoms with Gasteiger partial charge in [-0.05, 0) is 13.8 Å². The van der Waals surface area contributed by atoms with E-state index in [4.69, 9.17) is 17.4 Å². The van der Waals surface area contributed by atoms with Crippen molar-refractivity contribution in [3.63, 3.8) is 0 Å². The van der Waals surface area contributed by atoms with Gasteiger partial charge in [0.25, 0.3) is 0 Å². The fourth-order valence-corrected chi connectivity index (χ4v) is 3.17. The predicted octanol–water partition coefficient (Wildman–Crippen LogP) is 1.75. The Bertz CT molecular complexity index is 412. The van der Waals surface area contributed by atoms with Crippen molar-refractivity contribution < 1.29 is 0 Å². The van der Waals surface area contributed by atoms with Crippen molar-refractivity contribution in [3.8, 4) is 0 Å². The first-order chi connectivity index (χ1) is 8.02. The van der Waals surface area contributed by atoms with E-state index in [0.717, 1.165) is 24.7 Å². The van der Waals surface area contributed by atoms with E-state index in [0.29, 0.717) is 11.0 Å². The molecule has 1 saturated heterocycles. The Labute approximate surface area is 110 Å². The molecule has 2 rings (SSSR count). The molecule has 0 amide bonds. The van der Waals surface area contributed by atoms with Crippen LogP contribution < -0.4 is 16.2 Å². The summed E-state index contributed by atoms with van der Waals surface area (Å²) in [6.45, 7) is 6.30. The van der Waals surface area contributed by atoms with Crippen LogP contribution in [0.15, 0.2) is 6.20 Å². The summed E-state index contributed by atoms with van der Waals surface area (Å²) in [4.78, 5) is 10.5. The molecule has 0 aliphatic carbocycles. The average Bonchev–Trinajstić information content (AvgIpc) is 2.28. The smallest absolute Gasteiger partial charge is 0.239 e. The number of hydrazine groups is 1. The molecule has 94 valence electrons. The Kier molecular flexibility index (Phi) is 3.65. The second-order valence-electron chi connectivity index (χ2n) is 4.54. The Morgan fingerprint density at radius 3 is 3.00 bits per heavy atom. The Morgan fingerprint density at radius 2 is 2.35 bits per heavy atom. The van der Waals surface area contributed by atoms with Crippen molar-refractivity contribution in [1.82, 2.24) is 9.97 Å². The van der Waals surface area contributed by atoms with Gasteiger partial charge >= 0.3 is 0 Å². The molecule has 5 nitrogen and oxygen atoms in total. The molecule has 0 saturated carbocycles. The van der Waals surface area contributed by atoms with Crippen LogP contribution in [0.4, 0.5) is 11.8 Å². The number of anilines is 2. The monoisotopic (exact) mass is 273 g/mol. The highest BCUT2D eigenvalue weighted by atomic mass is 35.5. The molecular weight excluding hydrogens is 258 g/mol. The third kappa shape index (κ3) is 2.94. The number of nitrogen functional groups attached to an aromatic ring is 1. The largest absolute Gasteiger partial charge is 0.353 e. The lowest BCUT2D eigenvalue weighted by molar-refractivity contribution is 0.642. The number of nitrogens with one attached hydrogen (secondary N) is 1.